The first-order valence-corrected chi connectivity index (χ1v) is 8.70. The van der Waals surface area contributed by atoms with Crippen LogP contribution < -0.4 is 25.4 Å². The van der Waals surface area contributed by atoms with Gasteiger partial charge in [0.25, 0.3) is 5.91 Å². The average Bonchev–Trinajstić information content (AvgIpc) is 2.71. The van der Waals surface area contributed by atoms with E-state index in [4.69, 9.17) is 9.47 Å². The molecule has 7 nitrogen and oxygen atoms in total. The van der Waals surface area contributed by atoms with Gasteiger partial charge in [-0.15, -0.1) is 0 Å². The fraction of sp³-hybridized carbons (Fsp3) is 0.300. The van der Waals surface area contributed by atoms with E-state index < -0.39 is 0 Å². The number of nitrogens with one attached hydrogen (secondary N) is 3. The molecule has 0 bridgehead atoms. The molecule has 2 rings (SSSR count). The molecule has 0 spiro atoms. The van der Waals surface area contributed by atoms with Gasteiger partial charge >= 0.3 is 0 Å². The van der Waals surface area contributed by atoms with Crippen LogP contribution in [-0.2, 0) is 6.54 Å². The van der Waals surface area contributed by atoms with E-state index in [1.54, 1.807) is 33.3 Å². The number of ether oxygens (including phenoxy) is 2. The van der Waals surface area contributed by atoms with Gasteiger partial charge in [-0.1, -0.05) is 12.1 Å². The lowest BCUT2D eigenvalue weighted by molar-refractivity contribution is 0.0963. The molecule has 0 unspecified atom stereocenters. The Balaban J connectivity index is 1.99. The fourth-order valence-electron chi connectivity index (χ4n) is 2.44. The van der Waals surface area contributed by atoms with Crippen LogP contribution in [0.4, 0.5) is 5.69 Å². The zero-order valence-electron chi connectivity index (χ0n) is 16.1. The molecule has 0 saturated carbocycles. The summed E-state index contributed by atoms with van der Waals surface area (Å²) in [5.41, 5.74) is 2.50. The highest BCUT2D eigenvalue weighted by molar-refractivity contribution is 5.94. The van der Waals surface area contributed by atoms with Crippen molar-refractivity contribution in [2.24, 2.45) is 4.99 Å². The summed E-state index contributed by atoms with van der Waals surface area (Å²) in [5, 5.41) is 9.07. The highest BCUT2D eigenvalue weighted by atomic mass is 16.5. The molecule has 2 aromatic rings. The fourth-order valence-corrected chi connectivity index (χ4v) is 2.44. The summed E-state index contributed by atoms with van der Waals surface area (Å²) in [6.45, 7) is 3.07. The number of nitrogens with zero attached hydrogens (tertiary/aromatic N) is 1. The number of amides is 1. The number of guanidine groups is 1. The molecule has 0 aliphatic heterocycles. The number of anilines is 1. The van der Waals surface area contributed by atoms with Crippen molar-refractivity contribution in [3.63, 3.8) is 0 Å². The van der Waals surface area contributed by atoms with Crippen LogP contribution in [0.15, 0.2) is 47.5 Å². The minimum absolute atomic E-state index is 0.101. The normalized spacial score (nSPS) is 10.9. The Labute approximate surface area is 159 Å². The first-order valence-electron chi connectivity index (χ1n) is 8.70. The van der Waals surface area contributed by atoms with Gasteiger partial charge in [-0.05, 0) is 36.8 Å². The molecule has 0 aromatic heterocycles. The lowest BCUT2D eigenvalue weighted by Gasteiger charge is -2.14. The number of carbonyl (C=O) groups excluding carboxylic acids is 1. The van der Waals surface area contributed by atoms with Crippen molar-refractivity contribution in [2.75, 3.05) is 33.1 Å². The molecule has 27 heavy (non-hydrogen) atoms. The van der Waals surface area contributed by atoms with E-state index in [9.17, 15) is 4.79 Å². The molecular weight excluding hydrogens is 344 g/mol. The summed E-state index contributed by atoms with van der Waals surface area (Å²) < 4.78 is 10.9. The molecule has 144 valence electrons. The van der Waals surface area contributed by atoms with Crippen molar-refractivity contribution in [1.82, 2.24) is 10.6 Å². The van der Waals surface area contributed by atoms with E-state index in [2.05, 4.69) is 20.9 Å². The summed E-state index contributed by atoms with van der Waals surface area (Å²) in [5.74, 6) is 1.87. The second-order valence-corrected chi connectivity index (χ2v) is 5.63. The SMILES string of the molecule is CCOc1ccc(NC(=NC)NCc2ccc(C(=O)NC)cc2)cc1OC. The van der Waals surface area contributed by atoms with E-state index in [1.807, 2.05) is 37.3 Å². The van der Waals surface area contributed by atoms with Gasteiger partial charge < -0.3 is 25.4 Å². The van der Waals surface area contributed by atoms with Crippen molar-refractivity contribution in [1.29, 1.82) is 0 Å². The lowest BCUT2D eigenvalue weighted by Crippen LogP contribution is -2.30. The van der Waals surface area contributed by atoms with Gasteiger partial charge in [0, 0.05) is 38.0 Å². The summed E-state index contributed by atoms with van der Waals surface area (Å²) >= 11 is 0. The molecule has 0 aliphatic carbocycles. The van der Waals surface area contributed by atoms with E-state index in [1.165, 1.54) is 0 Å². The zero-order chi connectivity index (χ0) is 19.6. The first-order chi connectivity index (χ1) is 13.1. The van der Waals surface area contributed by atoms with Crippen molar-refractivity contribution in [2.45, 2.75) is 13.5 Å². The Kier molecular flexibility index (Phi) is 7.49. The van der Waals surface area contributed by atoms with Crippen molar-refractivity contribution >= 4 is 17.6 Å². The van der Waals surface area contributed by atoms with Gasteiger partial charge in [0.1, 0.15) is 0 Å². The molecule has 0 aliphatic rings. The first kappa shape index (κ1) is 20.1. The van der Waals surface area contributed by atoms with Crippen LogP contribution in [0.2, 0.25) is 0 Å². The maximum Gasteiger partial charge on any atom is 0.251 e. The molecule has 2 aromatic carbocycles. The van der Waals surface area contributed by atoms with E-state index in [0.29, 0.717) is 36.2 Å². The maximum absolute atomic E-state index is 11.6. The van der Waals surface area contributed by atoms with Crippen molar-refractivity contribution in [3.8, 4) is 11.5 Å². The largest absolute Gasteiger partial charge is 0.493 e. The Morgan fingerprint density at radius 3 is 2.44 bits per heavy atom. The standard InChI is InChI=1S/C20H26N4O3/c1-5-27-17-11-10-16(12-18(17)26-4)24-20(22-3)23-13-14-6-8-15(9-7-14)19(25)21-2/h6-12H,5,13H2,1-4H3,(H,21,25)(H2,22,23,24). The van der Waals surface area contributed by atoms with Gasteiger partial charge in [-0.2, -0.15) is 0 Å². The number of rotatable bonds is 7. The van der Waals surface area contributed by atoms with Crippen molar-refractivity contribution < 1.29 is 14.3 Å². The van der Waals surface area contributed by atoms with Crippen LogP contribution in [0.3, 0.4) is 0 Å². The predicted molar refractivity (Wildman–Crippen MR) is 108 cm³/mol. The number of methoxy groups -OCH3 is 1. The Morgan fingerprint density at radius 2 is 1.85 bits per heavy atom. The average molecular weight is 370 g/mol. The molecule has 0 atom stereocenters. The molecule has 7 heteroatoms. The van der Waals surface area contributed by atoms with E-state index in [-0.39, 0.29) is 5.91 Å². The Bertz CT molecular complexity index is 788. The summed E-state index contributed by atoms with van der Waals surface area (Å²) in [6.07, 6.45) is 0. The third kappa shape index (κ3) is 5.64. The topological polar surface area (TPSA) is 84.0 Å². The van der Waals surface area contributed by atoms with Crippen molar-refractivity contribution in [3.05, 3.63) is 53.6 Å². The molecule has 1 amide bonds. The van der Waals surface area contributed by atoms with Crippen LogP contribution in [0, 0.1) is 0 Å². The molecule has 0 heterocycles. The Hall–Kier alpha value is -3.22. The minimum atomic E-state index is -0.101. The minimum Gasteiger partial charge on any atom is -0.493 e. The summed E-state index contributed by atoms with van der Waals surface area (Å²) in [7, 11) is 4.93. The van der Waals surface area contributed by atoms with Gasteiger partial charge in [-0.3, -0.25) is 9.79 Å². The van der Waals surface area contributed by atoms with E-state index >= 15 is 0 Å². The van der Waals surface area contributed by atoms with Crippen LogP contribution in [0.25, 0.3) is 0 Å². The second kappa shape index (κ2) is 10.1. The van der Waals surface area contributed by atoms with Gasteiger partial charge in [0.15, 0.2) is 17.5 Å². The van der Waals surface area contributed by atoms with Crippen LogP contribution in [-0.4, -0.2) is 39.7 Å². The van der Waals surface area contributed by atoms with Gasteiger partial charge in [0.05, 0.1) is 13.7 Å². The Morgan fingerprint density at radius 1 is 1.11 bits per heavy atom. The third-order valence-electron chi connectivity index (χ3n) is 3.85. The molecule has 0 radical (unpaired) electrons. The highest BCUT2D eigenvalue weighted by Crippen LogP contribution is 2.30. The summed E-state index contributed by atoms with van der Waals surface area (Å²) in [4.78, 5) is 15.8. The molecular formula is C20H26N4O3. The smallest absolute Gasteiger partial charge is 0.251 e. The van der Waals surface area contributed by atoms with Gasteiger partial charge in [0.2, 0.25) is 0 Å². The second-order valence-electron chi connectivity index (χ2n) is 5.63. The number of benzene rings is 2. The van der Waals surface area contributed by atoms with Crippen LogP contribution >= 0.6 is 0 Å². The zero-order valence-corrected chi connectivity index (χ0v) is 16.1. The third-order valence-corrected chi connectivity index (χ3v) is 3.85. The molecule has 0 saturated heterocycles. The van der Waals surface area contributed by atoms with Crippen LogP contribution in [0.5, 0.6) is 11.5 Å². The van der Waals surface area contributed by atoms with Crippen LogP contribution in [0.1, 0.15) is 22.8 Å². The quantitative estimate of drug-likeness (QED) is 0.515. The van der Waals surface area contributed by atoms with E-state index in [0.717, 1.165) is 11.3 Å². The lowest BCUT2D eigenvalue weighted by atomic mass is 10.1. The van der Waals surface area contributed by atoms with Gasteiger partial charge in [-0.25, -0.2) is 0 Å². The molecule has 3 N–H and O–H groups in total. The highest BCUT2D eigenvalue weighted by Gasteiger charge is 2.07. The number of hydrogen-bond acceptors (Lipinski definition) is 4. The monoisotopic (exact) mass is 370 g/mol. The number of hydrogen-bond donors (Lipinski definition) is 3. The number of aliphatic imine (C=N–C) groups is 1. The molecule has 0 fully saturated rings. The maximum atomic E-state index is 11.6. The predicted octanol–water partition coefficient (Wildman–Crippen LogP) is 2.64. The number of carbonyl (C=O) groups is 1. The summed E-state index contributed by atoms with van der Waals surface area (Å²) in [6, 6.07) is 13.0.